The van der Waals surface area contributed by atoms with Gasteiger partial charge < -0.3 is 9.88 Å². The summed E-state index contributed by atoms with van der Waals surface area (Å²) in [6.45, 7) is 0.935. The van der Waals surface area contributed by atoms with Gasteiger partial charge >= 0.3 is 0 Å². The number of halogens is 1. The Morgan fingerprint density at radius 2 is 2.10 bits per heavy atom. The lowest BCUT2D eigenvalue weighted by Crippen LogP contribution is -2.15. The Morgan fingerprint density at radius 3 is 2.90 bits per heavy atom. The van der Waals surface area contributed by atoms with Crippen LogP contribution in [0.1, 0.15) is 42.0 Å². The Morgan fingerprint density at radius 1 is 1.25 bits per heavy atom. The van der Waals surface area contributed by atoms with Gasteiger partial charge in [0.2, 0.25) is 0 Å². The van der Waals surface area contributed by atoms with Gasteiger partial charge in [-0.15, -0.1) is 0 Å². The molecule has 0 saturated heterocycles. The van der Waals surface area contributed by atoms with Gasteiger partial charge in [0.15, 0.2) is 0 Å². The Hall–Kier alpha value is -1.06. The van der Waals surface area contributed by atoms with Crippen molar-refractivity contribution in [1.29, 1.82) is 0 Å². The van der Waals surface area contributed by atoms with Crippen LogP contribution in [0.5, 0.6) is 0 Å². The molecule has 3 rings (SSSR count). The van der Waals surface area contributed by atoms with E-state index in [1.165, 1.54) is 46.8 Å². The zero-order valence-corrected chi connectivity index (χ0v) is 13.5. The van der Waals surface area contributed by atoms with E-state index in [9.17, 15) is 0 Å². The molecule has 1 aromatic carbocycles. The zero-order valence-electron chi connectivity index (χ0n) is 11.9. The van der Waals surface area contributed by atoms with Gasteiger partial charge in [0, 0.05) is 29.5 Å². The summed E-state index contributed by atoms with van der Waals surface area (Å²) in [6.07, 6.45) is 9.78. The largest absolute Gasteiger partial charge is 0.349 e. The molecule has 3 heteroatoms. The number of hydrogen-bond acceptors (Lipinski definition) is 1. The molecule has 0 fully saturated rings. The van der Waals surface area contributed by atoms with Crippen LogP contribution in [0, 0.1) is 0 Å². The van der Waals surface area contributed by atoms with Crippen molar-refractivity contribution in [3.05, 3.63) is 57.8 Å². The van der Waals surface area contributed by atoms with Crippen LogP contribution in [-0.2, 0) is 13.0 Å². The fraction of sp³-hybridized carbons (Fsp3) is 0.412. The van der Waals surface area contributed by atoms with Gasteiger partial charge in [-0.2, -0.15) is 0 Å². The van der Waals surface area contributed by atoms with Gasteiger partial charge in [-0.05, 0) is 49.1 Å². The second-order valence-electron chi connectivity index (χ2n) is 5.59. The number of benzene rings is 1. The first kappa shape index (κ1) is 13.9. The predicted octanol–water partition coefficient (Wildman–Crippen LogP) is 4.29. The second-order valence-corrected chi connectivity index (χ2v) is 6.44. The lowest BCUT2D eigenvalue weighted by Gasteiger charge is -2.13. The van der Waals surface area contributed by atoms with Crippen molar-refractivity contribution in [1.82, 2.24) is 9.88 Å². The first-order valence-electron chi connectivity index (χ1n) is 7.37. The van der Waals surface area contributed by atoms with Gasteiger partial charge in [0.1, 0.15) is 0 Å². The summed E-state index contributed by atoms with van der Waals surface area (Å²) in [5, 5.41) is 3.47. The number of aryl methyl sites for hydroxylation is 1. The van der Waals surface area contributed by atoms with E-state index >= 15 is 0 Å². The molecule has 1 unspecified atom stereocenters. The molecule has 1 heterocycles. The van der Waals surface area contributed by atoms with Crippen molar-refractivity contribution in [3.8, 4) is 0 Å². The Kier molecular flexibility index (Phi) is 4.27. The highest BCUT2D eigenvalue weighted by atomic mass is 79.9. The van der Waals surface area contributed by atoms with Crippen LogP contribution in [-0.4, -0.2) is 11.6 Å². The average Bonchev–Trinajstić information content (AvgIpc) is 2.75. The highest BCUT2D eigenvalue weighted by molar-refractivity contribution is 9.10. The standard InChI is InChI=1S/C17H21BrN2/c1-19-17-9-5-3-6-13-10-20(12-15(13)17)11-14-7-2-4-8-16(14)18/h2,4,7-8,10,12,17,19H,3,5-6,9,11H2,1H3. The summed E-state index contributed by atoms with van der Waals surface area (Å²) in [5.74, 6) is 0. The highest BCUT2D eigenvalue weighted by Gasteiger charge is 2.19. The van der Waals surface area contributed by atoms with Crippen LogP contribution in [0.2, 0.25) is 0 Å². The minimum absolute atomic E-state index is 0.521. The molecule has 0 spiro atoms. The second kappa shape index (κ2) is 6.15. The van der Waals surface area contributed by atoms with Crippen LogP contribution in [0.25, 0.3) is 0 Å². The van der Waals surface area contributed by atoms with Crippen LogP contribution < -0.4 is 5.32 Å². The smallest absolute Gasteiger partial charge is 0.0481 e. The number of fused-ring (bicyclic) bond motifs is 1. The minimum Gasteiger partial charge on any atom is -0.349 e. The fourth-order valence-electron chi connectivity index (χ4n) is 3.13. The van der Waals surface area contributed by atoms with E-state index in [4.69, 9.17) is 0 Å². The molecular formula is C17H21BrN2. The van der Waals surface area contributed by atoms with Gasteiger partial charge in [0.05, 0.1) is 0 Å². The van der Waals surface area contributed by atoms with Crippen LogP contribution >= 0.6 is 15.9 Å². The maximum Gasteiger partial charge on any atom is 0.0481 e. The molecule has 0 bridgehead atoms. The van der Waals surface area contributed by atoms with Gasteiger partial charge in [-0.1, -0.05) is 40.5 Å². The van der Waals surface area contributed by atoms with Crippen LogP contribution in [0.4, 0.5) is 0 Å². The number of rotatable bonds is 3. The van der Waals surface area contributed by atoms with E-state index in [0.29, 0.717) is 6.04 Å². The summed E-state index contributed by atoms with van der Waals surface area (Å²) in [7, 11) is 2.07. The lowest BCUT2D eigenvalue weighted by atomic mass is 10.1. The third kappa shape index (κ3) is 2.84. The maximum atomic E-state index is 3.64. The lowest BCUT2D eigenvalue weighted by molar-refractivity contribution is 0.531. The first-order valence-corrected chi connectivity index (χ1v) is 8.16. The summed E-state index contributed by atoms with van der Waals surface area (Å²) in [5.41, 5.74) is 4.35. The van der Waals surface area contributed by atoms with E-state index < -0.39 is 0 Å². The van der Waals surface area contributed by atoms with Crippen LogP contribution in [0.15, 0.2) is 41.1 Å². The maximum absolute atomic E-state index is 3.64. The van der Waals surface area contributed by atoms with Crippen LogP contribution in [0.3, 0.4) is 0 Å². The molecule has 0 saturated carbocycles. The molecule has 1 atom stereocenters. The van der Waals surface area contributed by atoms with Crippen molar-refractivity contribution >= 4 is 15.9 Å². The topological polar surface area (TPSA) is 17.0 Å². The first-order chi connectivity index (χ1) is 9.78. The fourth-order valence-corrected chi connectivity index (χ4v) is 3.54. The van der Waals surface area contributed by atoms with Crippen molar-refractivity contribution in [2.45, 2.75) is 38.3 Å². The van der Waals surface area contributed by atoms with E-state index in [1.54, 1.807) is 0 Å². The van der Waals surface area contributed by atoms with E-state index in [2.05, 4.69) is 69.5 Å². The zero-order chi connectivity index (χ0) is 13.9. The average molecular weight is 333 g/mol. The molecule has 1 aliphatic carbocycles. The summed E-state index contributed by atoms with van der Waals surface area (Å²) in [6, 6.07) is 8.98. The summed E-state index contributed by atoms with van der Waals surface area (Å²) >= 11 is 3.64. The predicted molar refractivity (Wildman–Crippen MR) is 87.0 cm³/mol. The SMILES string of the molecule is CNC1CCCCc2cn(Cc3ccccc3Br)cc21. The molecular weight excluding hydrogens is 312 g/mol. The summed E-state index contributed by atoms with van der Waals surface area (Å²) in [4.78, 5) is 0. The quantitative estimate of drug-likeness (QED) is 0.830. The van der Waals surface area contributed by atoms with Gasteiger partial charge in [-0.25, -0.2) is 0 Å². The van der Waals surface area contributed by atoms with Crippen molar-refractivity contribution in [2.75, 3.05) is 7.05 Å². The molecule has 20 heavy (non-hydrogen) atoms. The minimum atomic E-state index is 0.521. The Bertz CT molecular complexity index is 588. The molecule has 2 aromatic rings. The van der Waals surface area contributed by atoms with E-state index in [-0.39, 0.29) is 0 Å². The molecule has 0 radical (unpaired) electrons. The van der Waals surface area contributed by atoms with Gasteiger partial charge in [0.25, 0.3) is 0 Å². The molecule has 1 aliphatic rings. The van der Waals surface area contributed by atoms with E-state index in [0.717, 1.165) is 6.54 Å². The third-order valence-corrected chi connectivity index (χ3v) is 4.99. The van der Waals surface area contributed by atoms with Crippen molar-refractivity contribution in [3.63, 3.8) is 0 Å². The number of nitrogens with one attached hydrogen (secondary N) is 1. The molecule has 106 valence electrons. The molecule has 1 aromatic heterocycles. The van der Waals surface area contributed by atoms with Gasteiger partial charge in [-0.3, -0.25) is 0 Å². The van der Waals surface area contributed by atoms with E-state index in [1.807, 2.05) is 0 Å². The van der Waals surface area contributed by atoms with Crippen molar-refractivity contribution in [2.24, 2.45) is 0 Å². The molecule has 2 nitrogen and oxygen atoms in total. The monoisotopic (exact) mass is 332 g/mol. The normalized spacial score (nSPS) is 18.6. The molecule has 1 N–H and O–H groups in total. The Balaban J connectivity index is 1.87. The molecule has 0 aliphatic heterocycles. The van der Waals surface area contributed by atoms with Crippen molar-refractivity contribution < 1.29 is 0 Å². The number of hydrogen-bond donors (Lipinski definition) is 1. The third-order valence-electron chi connectivity index (χ3n) is 4.22. The number of nitrogens with zero attached hydrogens (tertiary/aromatic N) is 1. The Labute approximate surface area is 129 Å². The highest BCUT2D eigenvalue weighted by Crippen LogP contribution is 2.29. The molecule has 0 amide bonds. The summed E-state index contributed by atoms with van der Waals surface area (Å²) < 4.78 is 3.52. The number of aromatic nitrogens is 1.